The van der Waals surface area contributed by atoms with E-state index in [2.05, 4.69) is 0 Å². The van der Waals surface area contributed by atoms with Crippen molar-refractivity contribution in [2.45, 2.75) is 19.6 Å². The molecule has 0 atom stereocenters. The predicted molar refractivity (Wildman–Crippen MR) is 34.5 cm³/mol. The summed E-state index contributed by atoms with van der Waals surface area (Å²) in [5.74, 6) is -0.547. The van der Waals surface area contributed by atoms with E-state index in [1.165, 1.54) is 0 Å². The monoisotopic (exact) mass is 126 g/mol. The lowest BCUT2D eigenvalue weighted by atomic mass is 10.3. The van der Waals surface area contributed by atoms with Crippen LogP contribution in [0.25, 0.3) is 0 Å². The molecule has 1 heterocycles. The average molecular weight is 126 g/mol. The molecule has 0 saturated heterocycles. The normalized spacial score (nSPS) is 22.0. The number of hydrogen-bond donors (Lipinski definition) is 0. The zero-order chi connectivity index (χ0) is 6.74. The van der Waals surface area contributed by atoms with Crippen LogP contribution in [-0.2, 0) is 9.47 Å². The Bertz CT molecular complexity index is 139. The van der Waals surface area contributed by atoms with Gasteiger partial charge in [-0.3, -0.25) is 0 Å². The van der Waals surface area contributed by atoms with E-state index in [9.17, 15) is 0 Å². The van der Waals surface area contributed by atoms with Crippen LogP contribution in [0.5, 0.6) is 0 Å². The summed E-state index contributed by atoms with van der Waals surface area (Å²) < 4.78 is 10.2. The molecule has 50 valence electrons. The molecule has 0 aliphatic carbocycles. The molecule has 0 bridgehead atoms. The number of allylic oxidation sites excluding steroid dienone is 1. The van der Waals surface area contributed by atoms with Crippen LogP contribution in [-0.4, -0.2) is 5.79 Å². The van der Waals surface area contributed by atoms with E-state index < -0.39 is 5.79 Å². The van der Waals surface area contributed by atoms with Crippen molar-refractivity contribution in [3.05, 3.63) is 24.7 Å². The maximum absolute atomic E-state index is 5.09. The van der Waals surface area contributed by atoms with Gasteiger partial charge in [-0.15, -0.1) is 0 Å². The first-order valence-corrected chi connectivity index (χ1v) is 2.91. The predicted octanol–water partition coefficient (Wildman–Crippen LogP) is 1.80. The molecule has 0 saturated carbocycles. The lowest BCUT2D eigenvalue weighted by Crippen LogP contribution is -2.21. The van der Waals surface area contributed by atoms with Crippen molar-refractivity contribution in [1.29, 1.82) is 0 Å². The van der Waals surface area contributed by atoms with Gasteiger partial charge in [-0.1, -0.05) is 6.08 Å². The highest BCUT2D eigenvalue weighted by Crippen LogP contribution is 2.20. The van der Waals surface area contributed by atoms with Gasteiger partial charge in [0.2, 0.25) is 0 Å². The lowest BCUT2D eigenvalue weighted by molar-refractivity contribution is -0.0820. The second-order valence-corrected chi connectivity index (χ2v) is 2.02. The first-order chi connectivity index (χ1) is 4.27. The van der Waals surface area contributed by atoms with Crippen molar-refractivity contribution in [2.75, 3.05) is 0 Å². The van der Waals surface area contributed by atoms with Crippen LogP contribution in [0.4, 0.5) is 0 Å². The highest BCUT2D eigenvalue weighted by atomic mass is 16.7. The maximum Gasteiger partial charge on any atom is 0.266 e. The molecule has 1 aliphatic rings. The van der Waals surface area contributed by atoms with Gasteiger partial charge < -0.3 is 9.47 Å². The Hall–Kier alpha value is -0.920. The van der Waals surface area contributed by atoms with Crippen LogP contribution >= 0.6 is 0 Å². The van der Waals surface area contributed by atoms with Crippen molar-refractivity contribution in [1.82, 2.24) is 0 Å². The molecule has 1 aliphatic heterocycles. The van der Waals surface area contributed by atoms with Crippen LogP contribution in [0.15, 0.2) is 24.7 Å². The lowest BCUT2D eigenvalue weighted by Gasteiger charge is -2.17. The van der Waals surface area contributed by atoms with Gasteiger partial charge in [0, 0.05) is 6.92 Å². The highest BCUT2D eigenvalue weighted by Gasteiger charge is 2.24. The summed E-state index contributed by atoms with van der Waals surface area (Å²) in [5.41, 5.74) is 0. The number of ether oxygens (including phenoxy) is 2. The molecule has 0 N–H and O–H groups in total. The molecule has 0 amide bonds. The molecule has 2 nitrogen and oxygen atoms in total. The highest BCUT2D eigenvalue weighted by molar-refractivity contribution is 4.97. The molecule has 1 rings (SSSR count). The molecule has 2 heteroatoms. The first-order valence-electron chi connectivity index (χ1n) is 2.91. The summed E-state index contributed by atoms with van der Waals surface area (Å²) in [6, 6.07) is 0. The van der Waals surface area contributed by atoms with E-state index >= 15 is 0 Å². The van der Waals surface area contributed by atoms with Gasteiger partial charge >= 0.3 is 0 Å². The van der Waals surface area contributed by atoms with E-state index in [1.807, 2.05) is 26.0 Å². The molecule has 0 radical (unpaired) electrons. The van der Waals surface area contributed by atoms with Crippen LogP contribution in [0, 0.1) is 0 Å². The largest absolute Gasteiger partial charge is 0.454 e. The molecule has 0 unspecified atom stereocenters. The van der Waals surface area contributed by atoms with Crippen molar-refractivity contribution in [3.63, 3.8) is 0 Å². The average Bonchev–Trinajstić information content (AvgIpc) is 2.16. The SMILES string of the molecule is CC=CC1(C)OC=CO1. The second-order valence-electron chi connectivity index (χ2n) is 2.02. The van der Waals surface area contributed by atoms with Gasteiger partial charge in [0.25, 0.3) is 5.79 Å². The van der Waals surface area contributed by atoms with E-state index in [0.29, 0.717) is 0 Å². The first kappa shape index (κ1) is 6.20. The van der Waals surface area contributed by atoms with Crippen molar-refractivity contribution >= 4 is 0 Å². The third-order valence-corrected chi connectivity index (χ3v) is 1.13. The van der Waals surface area contributed by atoms with E-state index in [1.54, 1.807) is 12.5 Å². The molecule has 0 aromatic rings. The Balaban J connectivity index is 2.55. The fourth-order valence-electron chi connectivity index (χ4n) is 0.735. The maximum atomic E-state index is 5.09. The Labute approximate surface area is 54.8 Å². The van der Waals surface area contributed by atoms with E-state index in [4.69, 9.17) is 9.47 Å². The minimum atomic E-state index is -0.547. The fraction of sp³-hybridized carbons (Fsp3) is 0.429. The van der Waals surface area contributed by atoms with Gasteiger partial charge in [-0.05, 0) is 13.0 Å². The van der Waals surface area contributed by atoms with Crippen molar-refractivity contribution in [3.8, 4) is 0 Å². The molecular formula is C7H10O2. The Morgan fingerprint density at radius 3 is 2.33 bits per heavy atom. The van der Waals surface area contributed by atoms with E-state index in [0.717, 1.165) is 0 Å². The van der Waals surface area contributed by atoms with Crippen LogP contribution in [0.1, 0.15) is 13.8 Å². The molecule has 0 fully saturated rings. The Morgan fingerprint density at radius 1 is 1.33 bits per heavy atom. The summed E-state index contributed by atoms with van der Waals surface area (Å²) >= 11 is 0. The van der Waals surface area contributed by atoms with Crippen LogP contribution < -0.4 is 0 Å². The van der Waals surface area contributed by atoms with Gasteiger partial charge in [0.15, 0.2) is 0 Å². The minimum absolute atomic E-state index is 0.547. The van der Waals surface area contributed by atoms with Crippen LogP contribution in [0.3, 0.4) is 0 Å². The zero-order valence-corrected chi connectivity index (χ0v) is 5.63. The summed E-state index contributed by atoms with van der Waals surface area (Å²) in [4.78, 5) is 0. The molecule has 0 aromatic carbocycles. The standard InChI is InChI=1S/C7H10O2/c1-3-4-7(2)8-5-6-9-7/h3-6H,1-2H3. The number of hydrogen-bond acceptors (Lipinski definition) is 2. The van der Waals surface area contributed by atoms with Crippen LogP contribution in [0.2, 0.25) is 0 Å². The fourth-order valence-corrected chi connectivity index (χ4v) is 0.735. The van der Waals surface area contributed by atoms with Gasteiger partial charge in [-0.25, -0.2) is 0 Å². The molecular weight excluding hydrogens is 116 g/mol. The van der Waals surface area contributed by atoms with E-state index in [-0.39, 0.29) is 0 Å². The Kier molecular flexibility index (Phi) is 1.47. The van der Waals surface area contributed by atoms with Crippen molar-refractivity contribution < 1.29 is 9.47 Å². The summed E-state index contributed by atoms with van der Waals surface area (Å²) in [6.07, 6.45) is 6.83. The van der Waals surface area contributed by atoms with Crippen molar-refractivity contribution in [2.24, 2.45) is 0 Å². The van der Waals surface area contributed by atoms with Gasteiger partial charge in [0.05, 0.1) is 0 Å². The van der Waals surface area contributed by atoms with Gasteiger partial charge in [0.1, 0.15) is 12.5 Å². The van der Waals surface area contributed by atoms with Gasteiger partial charge in [-0.2, -0.15) is 0 Å². The number of rotatable bonds is 1. The molecule has 9 heavy (non-hydrogen) atoms. The third kappa shape index (κ3) is 1.25. The zero-order valence-electron chi connectivity index (χ0n) is 5.63. The summed E-state index contributed by atoms with van der Waals surface area (Å²) in [5, 5.41) is 0. The molecule has 0 aromatic heterocycles. The summed E-state index contributed by atoms with van der Waals surface area (Å²) in [7, 11) is 0. The minimum Gasteiger partial charge on any atom is -0.454 e. The Morgan fingerprint density at radius 2 is 1.89 bits per heavy atom. The molecule has 0 spiro atoms. The summed E-state index contributed by atoms with van der Waals surface area (Å²) in [6.45, 7) is 3.78. The smallest absolute Gasteiger partial charge is 0.266 e. The quantitative estimate of drug-likeness (QED) is 0.499. The topological polar surface area (TPSA) is 18.5 Å². The third-order valence-electron chi connectivity index (χ3n) is 1.13. The second kappa shape index (κ2) is 2.13.